The average molecular weight is 443 g/mol. The predicted octanol–water partition coefficient (Wildman–Crippen LogP) is 4.51. The summed E-state index contributed by atoms with van der Waals surface area (Å²) in [6.07, 6.45) is 9.01. The first-order valence-electron chi connectivity index (χ1n) is 11.9. The highest BCUT2D eigenvalue weighted by Crippen LogP contribution is 2.36. The lowest BCUT2D eigenvalue weighted by Crippen LogP contribution is -2.42. The van der Waals surface area contributed by atoms with E-state index >= 15 is 0 Å². The molecule has 2 aromatic rings. The fourth-order valence-corrected chi connectivity index (χ4v) is 5.11. The van der Waals surface area contributed by atoms with Gasteiger partial charge in [0.25, 0.3) is 0 Å². The Morgan fingerprint density at radius 2 is 1.91 bits per heavy atom. The summed E-state index contributed by atoms with van der Waals surface area (Å²) >= 11 is 0. The van der Waals surface area contributed by atoms with E-state index in [1.807, 2.05) is 12.1 Å². The number of carbonyl (C=O) groups excluding carboxylic acids is 2. The molecule has 0 unspecified atom stereocenters. The zero-order chi connectivity index (χ0) is 22.3. The molecule has 2 fully saturated rings. The van der Waals surface area contributed by atoms with Crippen molar-refractivity contribution in [2.24, 2.45) is 11.8 Å². The molecular weight excluding hydrogens is 408 g/mol. The topological polar surface area (TPSA) is 89.8 Å². The first-order chi connectivity index (χ1) is 15.7. The number of anilines is 1. The molecule has 2 atom stereocenters. The standard InChI is InChI=1S/C25H34N2O5/c1-30-13-5-6-14-31-25(29)22-16-18-15-19(9-10-21(18)32-22)27-24(28)23-20(11-12-26-23)17-7-3-2-4-8-17/h9-10,15-17,20,23,26H,2-8,11-14H2,1H3,(H,27,28)/t20-,23-/m0/s1. The Labute approximate surface area is 189 Å². The molecule has 7 heteroatoms. The average Bonchev–Trinajstić information content (AvgIpc) is 3.46. The van der Waals surface area contributed by atoms with Crippen LogP contribution in [-0.2, 0) is 14.3 Å². The number of nitrogens with one attached hydrogen (secondary N) is 2. The van der Waals surface area contributed by atoms with Crippen LogP contribution in [0.5, 0.6) is 0 Å². The Kier molecular flexibility index (Phi) is 7.81. The van der Waals surface area contributed by atoms with Crippen LogP contribution in [0.15, 0.2) is 28.7 Å². The molecule has 4 rings (SSSR count). The van der Waals surface area contributed by atoms with Crippen LogP contribution in [0.4, 0.5) is 5.69 Å². The normalized spacial score (nSPS) is 21.7. The van der Waals surface area contributed by atoms with Crippen LogP contribution in [0.2, 0.25) is 0 Å². The molecule has 1 aromatic carbocycles. The van der Waals surface area contributed by atoms with Crippen LogP contribution in [0.3, 0.4) is 0 Å². The molecule has 1 aliphatic carbocycles. The molecule has 174 valence electrons. The van der Waals surface area contributed by atoms with Gasteiger partial charge in [-0.05, 0) is 61.9 Å². The highest BCUT2D eigenvalue weighted by molar-refractivity contribution is 5.98. The quantitative estimate of drug-likeness (QED) is 0.439. The van der Waals surface area contributed by atoms with Crippen molar-refractivity contribution in [3.63, 3.8) is 0 Å². The van der Waals surface area contributed by atoms with Crippen molar-refractivity contribution in [2.45, 2.75) is 57.4 Å². The van der Waals surface area contributed by atoms with Crippen molar-refractivity contribution in [1.29, 1.82) is 0 Å². The Bertz CT molecular complexity index is 918. The van der Waals surface area contributed by atoms with Gasteiger partial charge in [0.05, 0.1) is 12.6 Å². The van der Waals surface area contributed by atoms with Crippen molar-refractivity contribution in [3.05, 3.63) is 30.0 Å². The summed E-state index contributed by atoms with van der Waals surface area (Å²) in [5, 5.41) is 7.24. The highest BCUT2D eigenvalue weighted by atomic mass is 16.5. The molecule has 7 nitrogen and oxygen atoms in total. The Morgan fingerprint density at radius 3 is 2.72 bits per heavy atom. The van der Waals surface area contributed by atoms with Gasteiger partial charge < -0.3 is 24.5 Å². The second kappa shape index (κ2) is 11.0. The summed E-state index contributed by atoms with van der Waals surface area (Å²) in [5.41, 5.74) is 1.30. The third-order valence-electron chi connectivity index (χ3n) is 6.77. The van der Waals surface area contributed by atoms with Gasteiger partial charge in [-0.3, -0.25) is 4.79 Å². The van der Waals surface area contributed by atoms with Crippen molar-refractivity contribution in [2.75, 3.05) is 32.2 Å². The third-order valence-corrected chi connectivity index (χ3v) is 6.77. The number of methoxy groups -OCH3 is 1. The van der Waals surface area contributed by atoms with Crippen LogP contribution < -0.4 is 10.6 Å². The van der Waals surface area contributed by atoms with Crippen molar-refractivity contribution in [3.8, 4) is 0 Å². The van der Waals surface area contributed by atoms with Crippen LogP contribution >= 0.6 is 0 Å². The Morgan fingerprint density at radius 1 is 1.09 bits per heavy atom. The number of hydrogen-bond donors (Lipinski definition) is 2. The summed E-state index contributed by atoms with van der Waals surface area (Å²) in [7, 11) is 1.65. The molecule has 0 spiro atoms. The van der Waals surface area contributed by atoms with Gasteiger partial charge in [0.15, 0.2) is 0 Å². The maximum absolute atomic E-state index is 13.0. The SMILES string of the molecule is COCCCCOC(=O)c1cc2cc(NC(=O)[C@H]3NCC[C@H]3C3CCCCC3)ccc2o1. The molecule has 1 aliphatic heterocycles. The number of hydrogen-bond acceptors (Lipinski definition) is 6. The van der Waals surface area contributed by atoms with E-state index in [0.29, 0.717) is 36.3 Å². The highest BCUT2D eigenvalue weighted by Gasteiger charge is 2.38. The summed E-state index contributed by atoms with van der Waals surface area (Å²) in [6, 6.07) is 6.97. The molecule has 2 N–H and O–H groups in total. The maximum Gasteiger partial charge on any atom is 0.374 e. The van der Waals surface area contributed by atoms with E-state index in [4.69, 9.17) is 13.9 Å². The minimum atomic E-state index is -0.477. The molecule has 1 aromatic heterocycles. The number of rotatable bonds is 9. The fourth-order valence-electron chi connectivity index (χ4n) is 5.11. The molecule has 1 amide bonds. The van der Waals surface area contributed by atoms with Gasteiger partial charge in [-0.1, -0.05) is 32.1 Å². The third kappa shape index (κ3) is 5.51. The smallest absolute Gasteiger partial charge is 0.374 e. The molecule has 0 radical (unpaired) electrons. The van der Waals surface area contributed by atoms with Crippen LogP contribution in [0.1, 0.15) is 61.9 Å². The van der Waals surface area contributed by atoms with Gasteiger partial charge in [0, 0.05) is 24.8 Å². The minimum absolute atomic E-state index is 0.0246. The number of carbonyl (C=O) groups is 2. The molecule has 32 heavy (non-hydrogen) atoms. The van der Waals surface area contributed by atoms with E-state index in [-0.39, 0.29) is 17.7 Å². The van der Waals surface area contributed by atoms with Gasteiger partial charge in [0.1, 0.15) is 5.58 Å². The zero-order valence-corrected chi connectivity index (χ0v) is 18.9. The van der Waals surface area contributed by atoms with Gasteiger partial charge in [-0.15, -0.1) is 0 Å². The Balaban J connectivity index is 1.36. The largest absolute Gasteiger partial charge is 0.460 e. The van der Waals surface area contributed by atoms with Crippen LogP contribution in [0, 0.1) is 11.8 Å². The van der Waals surface area contributed by atoms with E-state index in [0.717, 1.165) is 31.2 Å². The number of furan rings is 1. The Hall–Kier alpha value is -2.38. The van der Waals surface area contributed by atoms with E-state index in [2.05, 4.69) is 10.6 Å². The summed E-state index contributed by atoms with van der Waals surface area (Å²) in [5.74, 6) is 0.781. The van der Waals surface area contributed by atoms with E-state index < -0.39 is 5.97 Å². The summed E-state index contributed by atoms with van der Waals surface area (Å²) < 4.78 is 15.9. The van der Waals surface area contributed by atoms with Gasteiger partial charge in [-0.2, -0.15) is 0 Å². The number of fused-ring (bicyclic) bond motifs is 1. The second-order valence-corrected chi connectivity index (χ2v) is 8.97. The van der Waals surface area contributed by atoms with Crippen molar-refractivity contribution in [1.82, 2.24) is 5.32 Å². The summed E-state index contributed by atoms with van der Waals surface area (Å²) in [4.78, 5) is 25.3. The van der Waals surface area contributed by atoms with Crippen LogP contribution in [0.25, 0.3) is 11.0 Å². The predicted molar refractivity (Wildman–Crippen MR) is 123 cm³/mol. The zero-order valence-electron chi connectivity index (χ0n) is 18.9. The molecule has 1 saturated carbocycles. The van der Waals surface area contributed by atoms with Gasteiger partial charge in [0.2, 0.25) is 11.7 Å². The lowest BCUT2D eigenvalue weighted by molar-refractivity contribution is -0.119. The first-order valence-corrected chi connectivity index (χ1v) is 11.9. The monoisotopic (exact) mass is 442 g/mol. The number of ether oxygens (including phenoxy) is 2. The number of unbranched alkanes of at least 4 members (excludes halogenated alkanes) is 1. The molecule has 1 saturated heterocycles. The lowest BCUT2D eigenvalue weighted by atomic mass is 9.76. The first kappa shape index (κ1) is 22.8. The number of amides is 1. The lowest BCUT2D eigenvalue weighted by Gasteiger charge is -2.30. The van der Waals surface area contributed by atoms with Crippen molar-refractivity contribution < 1.29 is 23.5 Å². The molecular formula is C25H34N2O5. The number of benzene rings is 1. The van der Waals surface area contributed by atoms with E-state index in [1.54, 1.807) is 19.2 Å². The number of esters is 1. The fraction of sp³-hybridized carbons (Fsp3) is 0.600. The molecule has 2 aliphatic rings. The second-order valence-electron chi connectivity index (χ2n) is 8.97. The molecule has 0 bridgehead atoms. The van der Waals surface area contributed by atoms with Gasteiger partial charge in [-0.25, -0.2) is 4.79 Å². The van der Waals surface area contributed by atoms with Crippen LogP contribution in [-0.4, -0.2) is 44.8 Å². The summed E-state index contributed by atoms with van der Waals surface area (Å²) in [6.45, 7) is 1.88. The molecule has 2 heterocycles. The maximum atomic E-state index is 13.0. The van der Waals surface area contributed by atoms with E-state index in [1.165, 1.54) is 32.1 Å². The van der Waals surface area contributed by atoms with E-state index in [9.17, 15) is 9.59 Å². The minimum Gasteiger partial charge on any atom is -0.460 e. The van der Waals surface area contributed by atoms with Gasteiger partial charge >= 0.3 is 5.97 Å². The van der Waals surface area contributed by atoms with Crippen molar-refractivity contribution >= 4 is 28.5 Å².